The number of anilines is 1. The lowest BCUT2D eigenvalue weighted by Crippen LogP contribution is -2.06. The molecule has 1 heterocycles. The summed E-state index contributed by atoms with van der Waals surface area (Å²) in [7, 11) is 0. The van der Waals surface area contributed by atoms with Gasteiger partial charge in [0.05, 0.1) is 0 Å². The summed E-state index contributed by atoms with van der Waals surface area (Å²) >= 11 is 4.95. The third-order valence-electron chi connectivity index (χ3n) is 1.51. The smallest absolute Gasteiger partial charge is 0.131 e. The molecule has 0 amide bonds. The van der Waals surface area contributed by atoms with E-state index in [0.717, 1.165) is 24.6 Å². The quantitative estimate of drug-likeness (QED) is 0.504. The van der Waals surface area contributed by atoms with Crippen LogP contribution in [-0.4, -0.2) is 28.2 Å². The molecule has 0 radical (unpaired) electrons. The second-order valence-electron chi connectivity index (χ2n) is 2.72. The van der Waals surface area contributed by atoms with Gasteiger partial charge < -0.3 is 15.4 Å². The fourth-order valence-electron chi connectivity index (χ4n) is 0.977. The minimum Gasteiger partial charge on any atom is -0.396 e. The Morgan fingerprint density at radius 1 is 1.69 bits per heavy atom. The number of hydrogen-bond donors (Lipinski definition) is 3. The minimum atomic E-state index is 0.192. The van der Waals surface area contributed by atoms with Gasteiger partial charge in [0.1, 0.15) is 16.3 Å². The van der Waals surface area contributed by atoms with E-state index in [1.54, 1.807) is 6.07 Å². The molecule has 0 aliphatic rings. The van der Waals surface area contributed by atoms with Crippen molar-refractivity contribution in [3.63, 3.8) is 0 Å². The number of aliphatic hydroxyl groups excluding tert-OH is 1. The number of hydrogen-bond acceptors (Lipinski definition) is 4. The molecule has 0 aromatic carbocycles. The highest BCUT2D eigenvalue weighted by atomic mass is 32.1. The summed E-state index contributed by atoms with van der Waals surface area (Å²) in [6, 6.07) is 1.76. The number of rotatable bonds is 4. The number of aromatic nitrogens is 2. The Kier molecular flexibility index (Phi) is 3.85. The monoisotopic (exact) mass is 199 g/mol. The molecule has 0 aliphatic heterocycles. The molecule has 72 valence electrons. The van der Waals surface area contributed by atoms with Gasteiger partial charge in [-0.25, -0.2) is 4.98 Å². The van der Waals surface area contributed by atoms with Crippen LogP contribution in [-0.2, 0) is 0 Å². The average molecular weight is 199 g/mol. The van der Waals surface area contributed by atoms with E-state index in [4.69, 9.17) is 17.3 Å². The number of aliphatic hydroxyl groups is 1. The topological polar surface area (TPSA) is 60.9 Å². The lowest BCUT2D eigenvalue weighted by atomic mass is 10.4. The third kappa shape index (κ3) is 3.52. The van der Waals surface area contributed by atoms with Crippen LogP contribution in [0.25, 0.3) is 0 Å². The number of H-pyrrole nitrogens is 1. The maximum absolute atomic E-state index is 8.57. The maximum atomic E-state index is 8.57. The molecule has 0 saturated carbocycles. The van der Waals surface area contributed by atoms with Gasteiger partial charge in [-0.1, -0.05) is 12.2 Å². The fourth-order valence-corrected chi connectivity index (χ4v) is 1.23. The van der Waals surface area contributed by atoms with Crippen LogP contribution in [0.2, 0.25) is 0 Å². The highest BCUT2D eigenvalue weighted by Crippen LogP contribution is 2.02. The Labute approximate surface area is 82.0 Å². The second kappa shape index (κ2) is 4.94. The van der Waals surface area contributed by atoms with Gasteiger partial charge in [0, 0.05) is 19.2 Å². The molecule has 0 bridgehead atoms. The van der Waals surface area contributed by atoms with Crippen molar-refractivity contribution in [2.75, 3.05) is 18.5 Å². The van der Waals surface area contributed by atoms with Crippen LogP contribution < -0.4 is 5.32 Å². The zero-order valence-electron chi connectivity index (χ0n) is 7.50. The van der Waals surface area contributed by atoms with E-state index in [2.05, 4.69) is 15.3 Å². The maximum Gasteiger partial charge on any atom is 0.131 e. The molecule has 1 aromatic heterocycles. The van der Waals surface area contributed by atoms with Crippen molar-refractivity contribution >= 4 is 18.0 Å². The van der Waals surface area contributed by atoms with Crippen LogP contribution in [0.5, 0.6) is 0 Å². The van der Waals surface area contributed by atoms with E-state index >= 15 is 0 Å². The normalized spacial score (nSPS) is 10.0. The van der Waals surface area contributed by atoms with Crippen molar-refractivity contribution in [3.05, 3.63) is 16.5 Å². The van der Waals surface area contributed by atoms with Crippen LogP contribution in [0.3, 0.4) is 0 Å². The van der Waals surface area contributed by atoms with Crippen LogP contribution in [0, 0.1) is 11.6 Å². The Balaban J connectivity index is 2.61. The molecule has 1 aromatic rings. The van der Waals surface area contributed by atoms with Crippen LogP contribution in [0.4, 0.5) is 5.82 Å². The standard InChI is InChI=1S/C8H13N3OS/c1-6-10-7(5-8(13)11-6)9-3-2-4-12/h5,12H,2-4H2,1H3,(H2,9,10,11,13). The van der Waals surface area contributed by atoms with Crippen molar-refractivity contribution in [2.45, 2.75) is 13.3 Å². The second-order valence-corrected chi connectivity index (χ2v) is 3.14. The van der Waals surface area contributed by atoms with Crippen molar-refractivity contribution in [3.8, 4) is 0 Å². The van der Waals surface area contributed by atoms with Crippen molar-refractivity contribution in [2.24, 2.45) is 0 Å². The Hall–Kier alpha value is -0.940. The third-order valence-corrected chi connectivity index (χ3v) is 1.72. The molecule has 5 heteroatoms. The Morgan fingerprint density at radius 2 is 2.46 bits per heavy atom. The number of nitrogens with one attached hydrogen (secondary N) is 2. The molecule has 0 saturated heterocycles. The van der Waals surface area contributed by atoms with Crippen molar-refractivity contribution in [1.29, 1.82) is 0 Å². The zero-order valence-corrected chi connectivity index (χ0v) is 8.32. The van der Waals surface area contributed by atoms with E-state index in [0.29, 0.717) is 4.64 Å². The highest BCUT2D eigenvalue weighted by molar-refractivity contribution is 7.71. The van der Waals surface area contributed by atoms with Gasteiger partial charge in [-0.3, -0.25) is 0 Å². The first-order chi connectivity index (χ1) is 6.22. The molecule has 0 atom stereocenters. The number of aromatic amines is 1. The SMILES string of the molecule is Cc1nc(=S)cc(NCCCO)[nH]1. The van der Waals surface area contributed by atoms with E-state index in [-0.39, 0.29) is 6.61 Å². The molecular weight excluding hydrogens is 186 g/mol. The predicted octanol–water partition coefficient (Wildman–Crippen LogP) is 1.24. The van der Waals surface area contributed by atoms with Crippen LogP contribution in [0.1, 0.15) is 12.2 Å². The summed E-state index contributed by atoms with van der Waals surface area (Å²) in [6.07, 6.45) is 0.724. The van der Waals surface area contributed by atoms with E-state index in [9.17, 15) is 0 Å². The molecular formula is C8H13N3OS. The molecule has 4 nitrogen and oxygen atoms in total. The molecule has 0 unspecified atom stereocenters. The van der Waals surface area contributed by atoms with Crippen LogP contribution in [0.15, 0.2) is 6.07 Å². The molecule has 3 N–H and O–H groups in total. The first-order valence-electron chi connectivity index (χ1n) is 4.15. The van der Waals surface area contributed by atoms with E-state index in [1.165, 1.54) is 0 Å². The van der Waals surface area contributed by atoms with Gasteiger partial charge in [-0.05, 0) is 13.3 Å². The first kappa shape index (κ1) is 10.1. The summed E-state index contributed by atoms with van der Waals surface area (Å²) < 4.78 is 0.572. The Morgan fingerprint density at radius 3 is 3.08 bits per heavy atom. The van der Waals surface area contributed by atoms with Gasteiger partial charge in [0.25, 0.3) is 0 Å². The number of nitrogens with zero attached hydrogens (tertiary/aromatic N) is 1. The summed E-state index contributed by atoms with van der Waals surface area (Å²) in [5.41, 5.74) is 0. The molecule has 1 rings (SSSR count). The summed E-state index contributed by atoms with van der Waals surface area (Å²) in [5.74, 6) is 1.64. The molecule has 0 aliphatic carbocycles. The van der Waals surface area contributed by atoms with Gasteiger partial charge in [0.2, 0.25) is 0 Å². The van der Waals surface area contributed by atoms with Crippen molar-refractivity contribution < 1.29 is 5.11 Å². The van der Waals surface area contributed by atoms with Gasteiger partial charge >= 0.3 is 0 Å². The predicted molar refractivity (Wildman–Crippen MR) is 54.4 cm³/mol. The lowest BCUT2D eigenvalue weighted by molar-refractivity contribution is 0.292. The first-order valence-corrected chi connectivity index (χ1v) is 4.56. The highest BCUT2D eigenvalue weighted by Gasteiger charge is 1.93. The van der Waals surface area contributed by atoms with Gasteiger partial charge in [0.15, 0.2) is 0 Å². The van der Waals surface area contributed by atoms with E-state index < -0.39 is 0 Å². The fraction of sp³-hybridized carbons (Fsp3) is 0.500. The summed E-state index contributed by atoms with van der Waals surface area (Å²) in [5, 5.41) is 11.7. The van der Waals surface area contributed by atoms with Crippen molar-refractivity contribution in [1.82, 2.24) is 9.97 Å². The summed E-state index contributed by atoms with van der Waals surface area (Å²) in [4.78, 5) is 7.07. The van der Waals surface area contributed by atoms with Gasteiger partial charge in [-0.15, -0.1) is 0 Å². The lowest BCUT2D eigenvalue weighted by Gasteiger charge is -2.05. The summed E-state index contributed by atoms with van der Waals surface area (Å²) in [6.45, 7) is 2.77. The van der Waals surface area contributed by atoms with Gasteiger partial charge in [-0.2, -0.15) is 0 Å². The van der Waals surface area contributed by atoms with Crippen LogP contribution >= 0.6 is 12.2 Å². The molecule has 0 fully saturated rings. The average Bonchev–Trinajstić information content (AvgIpc) is 2.03. The molecule has 13 heavy (non-hydrogen) atoms. The zero-order chi connectivity index (χ0) is 9.68. The Bertz CT molecular complexity index is 323. The molecule has 0 spiro atoms. The number of aryl methyl sites for hydroxylation is 1. The minimum absolute atomic E-state index is 0.192. The van der Waals surface area contributed by atoms with E-state index in [1.807, 2.05) is 6.92 Å². The largest absolute Gasteiger partial charge is 0.396 e.